The summed E-state index contributed by atoms with van der Waals surface area (Å²) in [6, 6.07) is 0. The second kappa shape index (κ2) is 17.5. The number of unbranched alkanes of at least 4 members (excludes halogenated alkanes) is 10. The first-order valence-electron chi connectivity index (χ1n) is 10.2. The maximum atomic E-state index is 11.1. The highest BCUT2D eigenvalue weighted by atomic mass is 16.4. The van der Waals surface area contributed by atoms with Gasteiger partial charge in [0.25, 0.3) is 0 Å². The van der Waals surface area contributed by atoms with Crippen LogP contribution in [0.15, 0.2) is 12.2 Å². The van der Waals surface area contributed by atoms with Crippen LogP contribution in [0.1, 0.15) is 103 Å². The number of hydrogen-bond acceptors (Lipinski definition) is 2. The van der Waals surface area contributed by atoms with Crippen LogP contribution in [-0.4, -0.2) is 22.2 Å². The van der Waals surface area contributed by atoms with E-state index in [0.29, 0.717) is 6.42 Å². The summed E-state index contributed by atoms with van der Waals surface area (Å²) >= 11 is 0. The van der Waals surface area contributed by atoms with E-state index in [4.69, 9.17) is 10.2 Å². The number of carbonyl (C=O) groups is 2. The first-order valence-corrected chi connectivity index (χ1v) is 10.2. The summed E-state index contributed by atoms with van der Waals surface area (Å²) in [6.45, 7) is 2.24. The van der Waals surface area contributed by atoms with E-state index in [2.05, 4.69) is 19.1 Å². The summed E-state index contributed by atoms with van der Waals surface area (Å²) in [6.07, 6.45) is 19.9. The Morgan fingerprint density at radius 3 is 1.80 bits per heavy atom. The van der Waals surface area contributed by atoms with E-state index in [1.165, 1.54) is 44.9 Å². The fourth-order valence-electron chi connectivity index (χ4n) is 2.97. The van der Waals surface area contributed by atoms with Crippen LogP contribution in [0.25, 0.3) is 0 Å². The van der Waals surface area contributed by atoms with E-state index >= 15 is 0 Å². The molecule has 0 rings (SSSR count). The lowest BCUT2D eigenvalue weighted by Gasteiger charge is -2.10. The molecule has 0 aromatic carbocycles. The molecule has 0 spiro atoms. The second-order valence-electron chi connectivity index (χ2n) is 6.99. The molecule has 4 heteroatoms. The highest BCUT2D eigenvalue weighted by molar-refractivity contribution is 5.72. The molecule has 0 saturated carbocycles. The molecule has 0 aromatic heterocycles. The fraction of sp³-hybridized carbons (Fsp3) is 0.810. The van der Waals surface area contributed by atoms with E-state index < -0.39 is 17.9 Å². The quantitative estimate of drug-likeness (QED) is 0.227. The summed E-state index contributed by atoms with van der Waals surface area (Å²) in [5.41, 5.74) is 0. The van der Waals surface area contributed by atoms with Crippen molar-refractivity contribution in [3.63, 3.8) is 0 Å². The largest absolute Gasteiger partial charge is 0.481 e. The molecule has 0 amide bonds. The molecule has 0 heterocycles. The Bertz CT molecular complexity index is 363. The summed E-state index contributed by atoms with van der Waals surface area (Å²) in [5, 5.41) is 17.7. The Morgan fingerprint density at radius 1 is 0.760 bits per heavy atom. The number of allylic oxidation sites excluding steroid dienone is 2. The monoisotopic (exact) mass is 354 g/mol. The van der Waals surface area contributed by atoms with Gasteiger partial charge in [0.1, 0.15) is 0 Å². The molecule has 0 fully saturated rings. The average Bonchev–Trinajstić information content (AvgIpc) is 2.57. The van der Waals surface area contributed by atoms with Crippen molar-refractivity contribution in [3.8, 4) is 0 Å². The number of carboxylic acid groups (broad SMARTS) is 2. The predicted molar refractivity (Wildman–Crippen MR) is 103 cm³/mol. The molecule has 0 aliphatic rings. The van der Waals surface area contributed by atoms with Gasteiger partial charge in [0.15, 0.2) is 0 Å². The lowest BCUT2D eigenvalue weighted by Crippen LogP contribution is -2.15. The van der Waals surface area contributed by atoms with Gasteiger partial charge in [0.05, 0.1) is 5.92 Å². The van der Waals surface area contributed by atoms with Gasteiger partial charge in [0.2, 0.25) is 0 Å². The van der Waals surface area contributed by atoms with Crippen molar-refractivity contribution in [1.82, 2.24) is 0 Å². The normalized spacial score (nSPS) is 12.5. The lowest BCUT2D eigenvalue weighted by atomic mass is 9.96. The van der Waals surface area contributed by atoms with Crippen LogP contribution in [0.3, 0.4) is 0 Å². The maximum absolute atomic E-state index is 11.1. The highest BCUT2D eigenvalue weighted by Crippen LogP contribution is 2.17. The first-order chi connectivity index (χ1) is 12.1. The molecule has 0 aliphatic heterocycles. The van der Waals surface area contributed by atoms with E-state index in [9.17, 15) is 9.59 Å². The second-order valence-corrected chi connectivity index (χ2v) is 6.99. The Morgan fingerprint density at radius 2 is 1.28 bits per heavy atom. The molecule has 4 nitrogen and oxygen atoms in total. The zero-order valence-electron chi connectivity index (χ0n) is 16.0. The van der Waals surface area contributed by atoms with Crippen molar-refractivity contribution in [2.24, 2.45) is 5.92 Å². The van der Waals surface area contributed by atoms with E-state index in [0.717, 1.165) is 32.1 Å². The molecular weight excluding hydrogens is 316 g/mol. The third kappa shape index (κ3) is 17.3. The summed E-state index contributed by atoms with van der Waals surface area (Å²) < 4.78 is 0. The number of aliphatic carboxylic acids is 2. The average molecular weight is 355 g/mol. The molecule has 1 atom stereocenters. The molecule has 2 N–H and O–H groups in total. The smallest absolute Gasteiger partial charge is 0.306 e. The van der Waals surface area contributed by atoms with Crippen LogP contribution in [0.2, 0.25) is 0 Å². The maximum Gasteiger partial charge on any atom is 0.306 e. The third-order valence-corrected chi connectivity index (χ3v) is 4.62. The van der Waals surface area contributed by atoms with Crippen molar-refractivity contribution in [3.05, 3.63) is 12.2 Å². The molecular formula is C21H38O4. The number of carboxylic acids is 2. The van der Waals surface area contributed by atoms with E-state index in [1.807, 2.05) is 0 Å². The molecule has 0 aliphatic carbocycles. The van der Waals surface area contributed by atoms with Gasteiger partial charge in [-0.1, -0.05) is 70.4 Å². The first kappa shape index (κ1) is 23.7. The van der Waals surface area contributed by atoms with E-state index in [1.54, 1.807) is 0 Å². The predicted octanol–water partition coefficient (Wildman–Crippen LogP) is 6.20. The minimum atomic E-state index is -0.918. The van der Waals surface area contributed by atoms with Gasteiger partial charge < -0.3 is 10.2 Å². The van der Waals surface area contributed by atoms with Gasteiger partial charge in [0, 0.05) is 6.42 Å². The van der Waals surface area contributed by atoms with E-state index in [-0.39, 0.29) is 12.8 Å². The van der Waals surface area contributed by atoms with Gasteiger partial charge in [-0.2, -0.15) is 0 Å². The summed E-state index contributed by atoms with van der Waals surface area (Å²) in [5.74, 6) is -2.29. The number of rotatable bonds is 18. The van der Waals surface area contributed by atoms with Gasteiger partial charge in [-0.3, -0.25) is 9.59 Å². The van der Waals surface area contributed by atoms with Crippen molar-refractivity contribution in [2.75, 3.05) is 0 Å². The fourth-order valence-corrected chi connectivity index (χ4v) is 2.97. The Labute approximate surface area is 153 Å². The van der Waals surface area contributed by atoms with Crippen molar-refractivity contribution in [1.29, 1.82) is 0 Å². The zero-order valence-corrected chi connectivity index (χ0v) is 16.0. The highest BCUT2D eigenvalue weighted by Gasteiger charge is 2.17. The van der Waals surface area contributed by atoms with Crippen molar-refractivity contribution >= 4 is 11.9 Å². The minimum Gasteiger partial charge on any atom is -0.481 e. The molecule has 25 heavy (non-hydrogen) atoms. The minimum absolute atomic E-state index is 0.0552. The van der Waals surface area contributed by atoms with Crippen LogP contribution in [0.4, 0.5) is 0 Å². The van der Waals surface area contributed by atoms with Crippen LogP contribution < -0.4 is 0 Å². The van der Waals surface area contributed by atoms with Gasteiger partial charge in [-0.15, -0.1) is 0 Å². The van der Waals surface area contributed by atoms with Crippen LogP contribution >= 0.6 is 0 Å². The summed E-state index contributed by atoms with van der Waals surface area (Å²) in [7, 11) is 0. The zero-order chi connectivity index (χ0) is 18.8. The molecule has 0 saturated heterocycles. The molecule has 146 valence electrons. The van der Waals surface area contributed by atoms with Gasteiger partial charge in [-0.25, -0.2) is 0 Å². The molecule has 0 aromatic rings. The molecule has 0 bridgehead atoms. The van der Waals surface area contributed by atoms with Crippen molar-refractivity contribution < 1.29 is 19.8 Å². The third-order valence-electron chi connectivity index (χ3n) is 4.62. The summed E-state index contributed by atoms with van der Waals surface area (Å²) in [4.78, 5) is 21.6. The van der Waals surface area contributed by atoms with Crippen LogP contribution in [0, 0.1) is 5.92 Å². The molecule has 0 radical (unpaired) electrons. The SMILES string of the molecule is CCCCCCCC/C=C\CCCCCCC(CCC(=O)O)C(=O)O. The number of hydrogen-bond donors (Lipinski definition) is 2. The Balaban J connectivity index is 3.45. The van der Waals surface area contributed by atoms with Gasteiger partial charge in [-0.05, 0) is 38.5 Å². The Kier molecular flexibility index (Phi) is 16.6. The standard InChI is InChI=1S/C21H38O4/c1-2-3-4-5-6-7-8-9-10-11-12-13-14-15-16-19(21(24)25)17-18-20(22)23/h9-10,19H,2-8,11-18H2,1H3,(H,22,23)(H,24,25)/b10-9-. The van der Waals surface area contributed by atoms with Crippen LogP contribution in [0.5, 0.6) is 0 Å². The lowest BCUT2D eigenvalue weighted by molar-refractivity contribution is -0.143. The van der Waals surface area contributed by atoms with Crippen molar-refractivity contribution in [2.45, 2.75) is 103 Å². The Hall–Kier alpha value is -1.32. The topological polar surface area (TPSA) is 74.6 Å². The van der Waals surface area contributed by atoms with Gasteiger partial charge >= 0.3 is 11.9 Å². The van der Waals surface area contributed by atoms with Crippen LogP contribution in [-0.2, 0) is 9.59 Å². The molecule has 1 unspecified atom stereocenters.